The van der Waals surface area contributed by atoms with Crippen LogP contribution in [0.2, 0.25) is 0 Å². The number of hydrogen-bond acceptors (Lipinski definition) is 7. The van der Waals surface area contributed by atoms with Gasteiger partial charge in [0.15, 0.2) is 6.29 Å². The number of anilines is 1. The van der Waals surface area contributed by atoms with Crippen LogP contribution >= 0.6 is 0 Å². The van der Waals surface area contributed by atoms with Gasteiger partial charge < -0.3 is 14.2 Å². The summed E-state index contributed by atoms with van der Waals surface area (Å²) in [4.78, 5) is 27.0. The van der Waals surface area contributed by atoms with Crippen LogP contribution in [0.15, 0.2) is 53.4 Å². The lowest BCUT2D eigenvalue weighted by Gasteiger charge is -2.29. The molecule has 1 saturated heterocycles. The first kappa shape index (κ1) is 23.9. The minimum Gasteiger partial charge on any atom is -0.497 e. The number of hydrogen-bond donors (Lipinski definition) is 0. The molecule has 172 valence electrons. The third-order valence-corrected chi connectivity index (χ3v) is 7.17. The molecule has 1 aliphatic heterocycles. The number of ether oxygens (including phenoxy) is 3. The lowest BCUT2D eigenvalue weighted by Crippen LogP contribution is -2.49. The van der Waals surface area contributed by atoms with Crippen LogP contribution < -0.4 is 9.64 Å². The zero-order valence-electron chi connectivity index (χ0n) is 18.3. The predicted octanol–water partition coefficient (Wildman–Crippen LogP) is 1.95. The van der Waals surface area contributed by atoms with Crippen molar-refractivity contribution in [1.82, 2.24) is 4.31 Å². The van der Waals surface area contributed by atoms with Crippen molar-refractivity contribution < 1.29 is 32.2 Å². The first-order valence-electron chi connectivity index (χ1n) is 9.88. The van der Waals surface area contributed by atoms with Gasteiger partial charge in [0.25, 0.3) is 5.91 Å². The first-order valence-corrected chi connectivity index (χ1v) is 11.3. The molecule has 1 fully saturated rings. The van der Waals surface area contributed by atoms with Gasteiger partial charge in [0, 0.05) is 14.2 Å². The van der Waals surface area contributed by atoms with Gasteiger partial charge in [0.05, 0.1) is 30.7 Å². The monoisotopic (exact) mass is 462 g/mol. The van der Waals surface area contributed by atoms with Crippen LogP contribution in [0.4, 0.5) is 5.69 Å². The number of imide groups is 1. The zero-order chi connectivity index (χ0) is 23.5. The Morgan fingerprint density at radius 3 is 2.12 bits per heavy atom. The van der Waals surface area contributed by atoms with Crippen molar-refractivity contribution in [1.29, 1.82) is 0 Å². The van der Waals surface area contributed by atoms with E-state index in [0.717, 1.165) is 14.8 Å². The van der Waals surface area contributed by atoms with E-state index in [4.69, 9.17) is 14.2 Å². The molecule has 1 heterocycles. The highest BCUT2D eigenvalue weighted by atomic mass is 32.2. The maximum absolute atomic E-state index is 13.5. The van der Waals surface area contributed by atoms with Crippen molar-refractivity contribution in [2.24, 2.45) is 0 Å². The number of methoxy groups -OCH3 is 3. The molecule has 0 aromatic heterocycles. The van der Waals surface area contributed by atoms with E-state index in [1.165, 1.54) is 45.6 Å². The molecule has 10 heteroatoms. The molecule has 0 aliphatic carbocycles. The van der Waals surface area contributed by atoms with Crippen LogP contribution in [0.1, 0.15) is 12.0 Å². The van der Waals surface area contributed by atoms with Gasteiger partial charge in [0.2, 0.25) is 15.9 Å². The summed E-state index contributed by atoms with van der Waals surface area (Å²) in [5.41, 5.74) is 1.36. The molecular weight excluding hydrogens is 436 g/mol. The van der Waals surface area contributed by atoms with Crippen molar-refractivity contribution >= 4 is 27.5 Å². The maximum atomic E-state index is 13.5. The lowest BCUT2D eigenvalue weighted by molar-refractivity contribution is -0.125. The number of sulfonamides is 1. The number of nitrogens with zero attached hydrogens (tertiary/aromatic N) is 2. The third kappa shape index (κ3) is 4.68. The van der Waals surface area contributed by atoms with Crippen molar-refractivity contribution in [3.05, 3.63) is 54.1 Å². The molecule has 0 spiro atoms. The maximum Gasteiger partial charge on any atom is 0.252 e. The van der Waals surface area contributed by atoms with Gasteiger partial charge in [-0.25, -0.2) is 13.3 Å². The van der Waals surface area contributed by atoms with Gasteiger partial charge >= 0.3 is 0 Å². The average Bonchev–Trinajstić information content (AvgIpc) is 3.08. The molecule has 0 saturated carbocycles. The molecule has 2 aromatic carbocycles. The minimum atomic E-state index is -4.18. The first-order chi connectivity index (χ1) is 15.2. The summed E-state index contributed by atoms with van der Waals surface area (Å²) < 4.78 is 43.5. The van der Waals surface area contributed by atoms with E-state index in [0.29, 0.717) is 11.4 Å². The second-order valence-electron chi connectivity index (χ2n) is 7.27. The van der Waals surface area contributed by atoms with Gasteiger partial charge in [-0.1, -0.05) is 17.7 Å². The Hall–Kier alpha value is -2.79. The Balaban J connectivity index is 2.00. The summed E-state index contributed by atoms with van der Waals surface area (Å²) >= 11 is 0. The average molecular weight is 463 g/mol. The predicted molar refractivity (Wildman–Crippen MR) is 117 cm³/mol. The van der Waals surface area contributed by atoms with E-state index >= 15 is 0 Å². The molecule has 2 aromatic rings. The normalized spacial score (nSPS) is 16.9. The number of carbonyl (C=O) groups excluding carboxylic acids is 2. The number of aryl methyl sites for hydroxylation is 1. The summed E-state index contributed by atoms with van der Waals surface area (Å²) in [7, 11) is 0.0322. The highest BCUT2D eigenvalue weighted by Crippen LogP contribution is 2.30. The quantitative estimate of drug-likeness (QED) is 0.415. The Morgan fingerprint density at radius 2 is 1.59 bits per heavy atom. The number of benzene rings is 2. The van der Waals surface area contributed by atoms with Crippen LogP contribution in [-0.2, 0) is 29.1 Å². The summed E-state index contributed by atoms with van der Waals surface area (Å²) in [5, 5.41) is 0. The van der Waals surface area contributed by atoms with Crippen molar-refractivity contribution in [3.8, 4) is 5.75 Å². The van der Waals surface area contributed by atoms with Crippen molar-refractivity contribution in [2.45, 2.75) is 30.6 Å². The second kappa shape index (κ2) is 9.78. The number of rotatable bonds is 9. The Bertz CT molecular complexity index is 1060. The van der Waals surface area contributed by atoms with Gasteiger partial charge in [-0.15, -0.1) is 0 Å². The molecule has 0 radical (unpaired) electrons. The molecule has 9 nitrogen and oxygen atoms in total. The fraction of sp³-hybridized carbons (Fsp3) is 0.364. The minimum absolute atomic E-state index is 0.0432. The molecule has 0 N–H and O–H groups in total. The fourth-order valence-corrected chi connectivity index (χ4v) is 5.04. The summed E-state index contributed by atoms with van der Waals surface area (Å²) in [6.07, 6.45) is -1.22. The van der Waals surface area contributed by atoms with Crippen LogP contribution in [-0.4, -0.2) is 64.7 Å². The Kier molecular flexibility index (Phi) is 7.29. The highest BCUT2D eigenvalue weighted by Gasteiger charge is 2.47. The third-order valence-electron chi connectivity index (χ3n) is 5.28. The SMILES string of the molecule is COc1ccc(S(=O)(=O)N(CC(OC)OC)C2CC(=O)N(c3ccc(C)cc3)C2=O)cc1. The summed E-state index contributed by atoms with van der Waals surface area (Å²) in [6, 6.07) is 11.4. The number of carbonyl (C=O) groups is 2. The molecule has 3 rings (SSSR count). The van der Waals surface area contributed by atoms with E-state index < -0.39 is 34.2 Å². The van der Waals surface area contributed by atoms with Crippen LogP contribution in [0.3, 0.4) is 0 Å². The van der Waals surface area contributed by atoms with Gasteiger partial charge in [0.1, 0.15) is 11.8 Å². The highest BCUT2D eigenvalue weighted by molar-refractivity contribution is 7.89. The van der Waals surface area contributed by atoms with Gasteiger partial charge in [-0.2, -0.15) is 4.31 Å². The number of amides is 2. The van der Waals surface area contributed by atoms with E-state index in [-0.39, 0.29) is 17.9 Å². The molecule has 1 aliphatic rings. The zero-order valence-corrected chi connectivity index (χ0v) is 19.2. The molecule has 32 heavy (non-hydrogen) atoms. The van der Waals surface area contributed by atoms with E-state index in [1.54, 1.807) is 24.3 Å². The van der Waals surface area contributed by atoms with E-state index in [2.05, 4.69) is 0 Å². The molecule has 2 amide bonds. The van der Waals surface area contributed by atoms with Crippen LogP contribution in [0, 0.1) is 6.92 Å². The van der Waals surface area contributed by atoms with Crippen LogP contribution in [0.25, 0.3) is 0 Å². The fourth-order valence-electron chi connectivity index (χ4n) is 3.47. The largest absolute Gasteiger partial charge is 0.497 e. The Morgan fingerprint density at radius 1 is 1.00 bits per heavy atom. The smallest absolute Gasteiger partial charge is 0.252 e. The molecule has 0 bridgehead atoms. The second-order valence-corrected chi connectivity index (χ2v) is 9.16. The van der Waals surface area contributed by atoms with Crippen molar-refractivity contribution in [3.63, 3.8) is 0 Å². The van der Waals surface area contributed by atoms with E-state index in [1.807, 2.05) is 6.92 Å². The van der Waals surface area contributed by atoms with Crippen molar-refractivity contribution in [2.75, 3.05) is 32.8 Å². The van der Waals surface area contributed by atoms with Gasteiger partial charge in [-0.3, -0.25) is 9.59 Å². The van der Waals surface area contributed by atoms with Gasteiger partial charge in [-0.05, 0) is 43.3 Å². The standard InChI is InChI=1S/C22H26N2O7S/c1-15-5-7-16(8-6-15)24-20(25)13-19(22(24)26)23(14-21(30-3)31-4)32(27,28)18-11-9-17(29-2)10-12-18/h5-12,19,21H,13-14H2,1-4H3. The molecular formula is C22H26N2O7S. The lowest BCUT2D eigenvalue weighted by atomic mass is 10.2. The topological polar surface area (TPSA) is 102 Å². The summed E-state index contributed by atoms with van der Waals surface area (Å²) in [6.45, 7) is 1.62. The molecule has 1 unspecified atom stereocenters. The van der Waals surface area contributed by atoms with E-state index in [9.17, 15) is 18.0 Å². The van der Waals surface area contributed by atoms with Crippen LogP contribution in [0.5, 0.6) is 5.75 Å². The summed E-state index contributed by atoms with van der Waals surface area (Å²) in [5.74, 6) is -0.619. The Labute approximate surface area is 187 Å². The molecule has 1 atom stereocenters.